The molecule has 9 heteroatoms. The smallest absolute Gasteiger partial charge is 0.355 e. The van der Waals surface area contributed by atoms with E-state index in [0.29, 0.717) is 25.1 Å². The highest BCUT2D eigenvalue weighted by Gasteiger charge is 2.37. The maximum atomic E-state index is 13.3. The number of hydrogen-bond donors (Lipinski definition) is 1. The van der Waals surface area contributed by atoms with Gasteiger partial charge < -0.3 is 10.2 Å². The highest BCUT2D eigenvalue weighted by Crippen LogP contribution is 2.36. The molecule has 1 aliphatic heterocycles. The summed E-state index contributed by atoms with van der Waals surface area (Å²) in [5.41, 5.74) is -0.202. The van der Waals surface area contributed by atoms with Crippen LogP contribution in [0.3, 0.4) is 0 Å². The molecular formula is C18H19F3N4OS. The molecule has 1 fully saturated rings. The average Bonchev–Trinajstić information content (AvgIpc) is 2.68. The Morgan fingerprint density at radius 1 is 1.30 bits per heavy atom. The minimum absolute atomic E-state index is 0.117. The largest absolute Gasteiger partial charge is 0.419 e. The summed E-state index contributed by atoms with van der Waals surface area (Å²) >= 11 is 1.50. The molecule has 1 unspecified atom stereocenters. The highest BCUT2D eigenvalue weighted by atomic mass is 32.2. The first kappa shape index (κ1) is 19.5. The van der Waals surface area contributed by atoms with Crippen molar-refractivity contribution < 1.29 is 18.0 Å². The second kappa shape index (κ2) is 8.16. The zero-order valence-corrected chi connectivity index (χ0v) is 15.5. The number of nitrogens with one attached hydrogen (secondary N) is 1. The van der Waals surface area contributed by atoms with Crippen molar-refractivity contribution in [3.05, 3.63) is 42.2 Å². The van der Waals surface area contributed by atoms with E-state index in [1.165, 1.54) is 24.0 Å². The Bertz CT molecular complexity index is 798. The number of hydrogen-bond acceptors (Lipinski definition) is 5. The van der Waals surface area contributed by atoms with Gasteiger partial charge in [-0.05, 0) is 43.4 Å². The average molecular weight is 396 g/mol. The van der Waals surface area contributed by atoms with E-state index in [2.05, 4.69) is 15.3 Å². The molecule has 1 N–H and O–H groups in total. The number of aromatic nitrogens is 2. The van der Waals surface area contributed by atoms with E-state index in [-0.39, 0.29) is 18.3 Å². The van der Waals surface area contributed by atoms with Gasteiger partial charge in [-0.2, -0.15) is 13.2 Å². The van der Waals surface area contributed by atoms with Gasteiger partial charge in [0.1, 0.15) is 5.82 Å². The molecule has 0 saturated carbocycles. The monoisotopic (exact) mass is 396 g/mol. The maximum absolute atomic E-state index is 13.3. The fourth-order valence-corrected chi connectivity index (χ4v) is 3.44. The topological polar surface area (TPSA) is 58.1 Å². The molecular weight excluding hydrogens is 377 g/mol. The first-order valence-corrected chi connectivity index (χ1v) is 9.69. The quantitative estimate of drug-likeness (QED) is 0.790. The summed E-state index contributed by atoms with van der Waals surface area (Å²) in [4.78, 5) is 22.2. The highest BCUT2D eigenvalue weighted by molar-refractivity contribution is 7.98. The third kappa shape index (κ3) is 4.71. The van der Waals surface area contributed by atoms with Gasteiger partial charge >= 0.3 is 6.18 Å². The number of carbonyl (C=O) groups excluding carboxylic acids is 1. The van der Waals surface area contributed by atoms with Crippen molar-refractivity contribution in [1.29, 1.82) is 0 Å². The molecule has 1 amide bonds. The number of alkyl halides is 3. The Kier molecular flexibility index (Phi) is 5.88. The van der Waals surface area contributed by atoms with E-state index in [4.69, 9.17) is 0 Å². The fraction of sp³-hybridized carbons (Fsp3) is 0.389. The van der Waals surface area contributed by atoms with Crippen molar-refractivity contribution in [3.63, 3.8) is 0 Å². The molecule has 0 radical (unpaired) electrons. The van der Waals surface area contributed by atoms with Crippen LogP contribution in [0.2, 0.25) is 0 Å². The van der Waals surface area contributed by atoms with Crippen molar-refractivity contribution in [2.24, 2.45) is 5.92 Å². The second-order valence-electron chi connectivity index (χ2n) is 6.24. The number of carbonyl (C=O) groups is 1. The van der Waals surface area contributed by atoms with Crippen LogP contribution in [0.4, 0.5) is 24.7 Å². The first-order chi connectivity index (χ1) is 12.9. The number of pyridine rings is 2. The molecule has 0 aliphatic carbocycles. The molecule has 3 rings (SSSR count). The lowest BCUT2D eigenvalue weighted by atomic mass is 9.96. The van der Waals surface area contributed by atoms with Crippen LogP contribution in [0.5, 0.6) is 0 Å². The Balaban J connectivity index is 1.71. The summed E-state index contributed by atoms with van der Waals surface area (Å²) in [6.45, 7) is 0.635. The Hall–Kier alpha value is -2.29. The zero-order valence-electron chi connectivity index (χ0n) is 14.7. The normalized spacial score (nSPS) is 17.6. The van der Waals surface area contributed by atoms with Crippen molar-refractivity contribution in [2.75, 3.05) is 29.6 Å². The Morgan fingerprint density at radius 2 is 2.11 bits per heavy atom. The lowest BCUT2D eigenvalue weighted by molar-refractivity contribution is -0.137. The van der Waals surface area contributed by atoms with Gasteiger partial charge in [0, 0.05) is 19.3 Å². The molecule has 27 heavy (non-hydrogen) atoms. The number of nitrogens with zero attached hydrogens (tertiary/aromatic N) is 3. The van der Waals surface area contributed by atoms with Gasteiger partial charge in [-0.3, -0.25) is 4.79 Å². The number of thioether (sulfide) groups is 1. The van der Waals surface area contributed by atoms with Crippen molar-refractivity contribution in [3.8, 4) is 0 Å². The fourth-order valence-electron chi connectivity index (χ4n) is 3.07. The zero-order chi connectivity index (χ0) is 19.4. The maximum Gasteiger partial charge on any atom is 0.419 e. The number of amides is 1. The third-order valence-electron chi connectivity index (χ3n) is 4.40. The number of rotatable bonds is 4. The van der Waals surface area contributed by atoms with Crippen LogP contribution in [0.15, 0.2) is 41.7 Å². The predicted octanol–water partition coefficient (Wildman–Crippen LogP) is 4.07. The minimum Gasteiger partial charge on any atom is -0.355 e. The summed E-state index contributed by atoms with van der Waals surface area (Å²) in [6, 6.07) is 5.85. The molecule has 0 aromatic carbocycles. The van der Waals surface area contributed by atoms with E-state index in [0.717, 1.165) is 11.1 Å². The Morgan fingerprint density at radius 3 is 2.78 bits per heavy atom. The minimum atomic E-state index is -4.48. The van der Waals surface area contributed by atoms with Gasteiger partial charge in [-0.15, -0.1) is 11.8 Å². The summed E-state index contributed by atoms with van der Waals surface area (Å²) in [7, 11) is 0. The molecule has 2 aromatic heterocycles. The molecule has 3 heterocycles. The van der Waals surface area contributed by atoms with Crippen LogP contribution in [0.1, 0.15) is 18.4 Å². The van der Waals surface area contributed by atoms with Gasteiger partial charge in [0.2, 0.25) is 5.91 Å². The van der Waals surface area contributed by atoms with Crippen LogP contribution in [0.25, 0.3) is 0 Å². The summed E-state index contributed by atoms with van der Waals surface area (Å²) in [5, 5.41) is 3.64. The van der Waals surface area contributed by atoms with Gasteiger partial charge in [0.25, 0.3) is 0 Å². The molecule has 1 atom stereocenters. The predicted molar refractivity (Wildman–Crippen MR) is 98.8 cm³/mol. The van der Waals surface area contributed by atoms with Gasteiger partial charge in [0.05, 0.1) is 28.4 Å². The molecule has 1 saturated heterocycles. The van der Waals surface area contributed by atoms with Crippen molar-refractivity contribution in [2.45, 2.75) is 24.0 Å². The lowest BCUT2D eigenvalue weighted by Gasteiger charge is -2.34. The summed E-state index contributed by atoms with van der Waals surface area (Å²) in [6.07, 6.45) is 1.58. The second-order valence-corrected chi connectivity index (χ2v) is 7.06. The third-order valence-corrected chi connectivity index (χ3v) is 5.06. The van der Waals surface area contributed by atoms with Gasteiger partial charge in [-0.1, -0.05) is 0 Å². The van der Waals surface area contributed by atoms with Crippen molar-refractivity contribution >= 4 is 29.2 Å². The molecule has 0 spiro atoms. The van der Waals surface area contributed by atoms with Gasteiger partial charge in [0.15, 0.2) is 0 Å². The molecule has 2 aromatic rings. The number of halogens is 3. The lowest BCUT2D eigenvalue weighted by Crippen LogP contribution is -2.42. The van der Waals surface area contributed by atoms with E-state index in [1.54, 1.807) is 23.2 Å². The number of piperidine rings is 1. The molecule has 1 aliphatic rings. The van der Waals surface area contributed by atoms with Crippen molar-refractivity contribution in [1.82, 2.24) is 9.97 Å². The summed E-state index contributed by atoms with van der Waals surface area (Å²) < 4.78 is 39.8. The van der Waals surface area contributed by atoms with Crippen LogP contribution in [-0.2, 0) is 11.0 Å². The number of anilines is 2. The van der Waals surface area contributed by atoms with E-state index in [1.807, 2.05) is 6.26 Å². The van der Waals surface area contributed by atoms with Crippen LogP contribution in [0, 0.1) is 5.92 Å². The van der Waals surface area contributed by atoms with Gasteiger partial charge in [-0.25, -0.2) is 9.97 Å². The Labute approximate surface area is 159 Å². The van der Waals surface area contributed by atoms with E-state index in [9.17, 15) is 18.0 Å². The van der Waals surface area contributed by atoms with Crippen LogP contribution in [-0.4, -0.2) is 35.2 Å². The molecule has 144 valence electrons. The van der Waals surface area contributed by atoms with E-state index >= 15 is 0 Å². The SMILES string of the molecule is CSc1ccc(NC(=O)C2CCCN(c3ncccc3C(F)(F)F)C2)cn1. The molecule has 0 bridgehead atoms. The van der Waals surface area contributed by atoms with Crippen LogP contribution >= 0.6 is 11.8 Å². The van der Waals surface area contributed by atoms with Crippen LogP contribution < -0.4 is 10.2 Å². The first-order valence-electron chi connectivity index (χ1n) is 8.46. The standard InChI is InChI=1S/C18H19F3N4OS/c1-27-15-7-6-13(10-23-15)24-17(26)12-4-3-9-25(11-12)16-14(18(19,20)21)5-2-8-22-16/h2,5-8,10,12H,3-4,9,11H2,1H3,(H,24,26). The molecule has 5 nitrogen and oxygen atoms in total. The summed E-state index contributed by atoms with van der Waals surface area (Å²) in [5.74, 6) is -0.751. The van der Waals surface area contributed by atoms with E-state index < -0.39 is 17.7 Å².